The van der Waals surface area contributed by atoms with Crippen molar-refractivity contribution in [2.24, 2.45) is 0 Å². The van der Waals surface area contributed by atoms with Gasteiger partial charge in [0.05, 0.1) is 11.6 Å². The molecule has 1 aliphatic heterocycles. The molecule has 1 fully saturated rings. The van der Waals surface area contributed by atoms with E-state index in [1.165, 1.54) is 0 Å². The first-order chi connectivity index (χ1) is 7.24. The Morgan fingerprint density at radius 2 is 2.40 bits per heavy atom. The van der Waals surface area contributed by atoms with E-state index in [0.29, 0.717) is 22.4 Å². The third-order valence-corrected chi connectivity index (χ3v) is 3.01. The van der Waals surface area contributed by atoms with E-state index in [1.807, 2.05) is 11.9 Å². The first kappa shape index (κ1) is 10.2. The minimum atomic E-state index is 0.420. The third kappa shape index (κ3) is 1.76. The van der Waals surface area contributed by atoms with Gasteiger partial charge in [0.2, 0.25) is 0 Å². The molecule has 0 spiro atoms. The summed E-state index contributed by atoms with van der Waals surface area (Å²) in [5.74, 6) is 0.683. The second-order valence-corrected chi connectivity index (χ2v) is 3.91. The van der Waals surface area contributed by atoms with Crippen molar-refractivity contribution in [1.29, 1.82) is 5.26 Å². The second-order valence-electron chi connectivity index (χ2n) is 3.53. The number of anilines is 1. The van der Waals surface area contributed by atoms with Gasteiger partial charge in [-0.1, -0.05) is 11.6 Å². The Balaban J connectivity index is 2.31. The lowest BCUT2D eigenvalue weighted by molar-refractivity contribution is 0.427. The molecule has 2 rings (SSSR count). The number of likely N-dealkylation sites (N-methyl/N-ethyl adjacent to an activating group) is 1. The predicted molar refractivity (Wildman–Crippen MR) is 59.0 cm³/mol. The molecule has 0 aromatic carbocycles. The molecule has 2 heterocycles. The van der Waals surface area contributed by atoms with Crippen molar-refractivity contribution >= 4 is 17.4 Å². The maximum atomic E-state index is 8.84. The molecule has 1 aromatic heterocycles. The van der Waals surface area contributed by atoms with Crippen LogP contribution < -0.4 is 10.2 Å². The van der Waals surface area contributed by atoms with E-state index in [-0.39, 0.29) is 0 Å². The van der Waals surface area contributed by atoms with Gasteiger partial charge in [-0.15, -0.1) is 0 Å². The molecule has 1 N–H and O–H groups in total. The minimum Gasteiger partial charge on any atom is -0.353 e. The molecule has 0 bridgehead atoms. The zero-order valence-corrected chi connectivity index (χ0v) is 9.12. The maximum absolute atomic E-state index is 8.84. The summed E-state index contributed by atoms with van der Waals surface area (Å²) < 4.78 is 0. The average molecular weight is 223 g/mol. The van der Waals surface area contributed by atoms with E-state index in [9.17, 15) is 0 Å². The monoisotopic (exact) mass is 222 g/mol. The van der Waals surface area contributed by atoms with Crippen molar-refractivity contribution in [1.82, 2.24) is 10.3 Å². The number of nitrogens with one attached hydrogen (secondary N) is 1. The molecule has 0 aliphatic carbocycles. The number of pyridine rings is 1. The third-order valence-electron chi connectivity index (χ3n) is 2.63. The fourth-order valence-electron chi connectivity index (χ4n) is 1.49. The molecule has 0 saturated carbocycles. The highest BCUT2D eigenvalue weighted by Gasteiger charge is 2.24. The van der Waals surface area contributed by atoms with Gasteiger partial charge < -0.3 is 10.2 Å². The Morgan fingerprint density at radius 3 is 2.93 bits per heavy atom. The van der Waals surface area contributed by atoms with Crippen LogP contribution in [0.5, 0.6) is 0 Å². The molecule has 0 radical (unpaired) electrons. The van der Waals surface area contributed by atoms with Crippen molar-refractivity contribution in [2.75, 3.05) is 25.0 Å². The molecular formula is C10H11ClN4. The van der Waals surface area contributed by atoms with Crippen molar-refractivity contribution in [3.05, 3.63) is 22.8 Å². The Hall–Kier alpha value is -1.31. The number of rotatable bonds is 2. The van der Waals surface area contributed by atoms with E-state index >= 15 is 0 Å². The number of halogens is 1. The number of nitriles is 1. The van der Waals surface area contributed by atoms with Gasteiger partial charge in [0.25, 0.3) is 0 Å². The zero-order chi connectivity index (χ0) is 10.8. The van der Waals surface area contributed by atoms with Gasteiger partial charge in [-0.25, -0.2) is 4.98 Å². The molecule has 15 heavy (non-hydrogen) atoms. The van der Waals surface area contributed by atoms with Gasteiger partial charge in [-0.2, -0.15) is 5.26 Å². The summed E-state index contributed by atoms with van der Waals surface area (Å²) in [6.07, 6.45) is 1.61. The van der Waals surface area contributed by atoms with Crippen LogP contribution in [0.2, 0.25) is 5.02 Å². The molecule has 0 atom stereocenters. The Morgan fingerprint density at radius 1 is 1.67 bits per heavy atom. The summed E-state index contributed by atoms with van der Waals surface area (Å²) in [5.41, 5.74) is 0.473. The predicted octanol–water partition coefficient (Wildman–Crippen LogP) is 1.01. The van der Waals surface area contributed by atoms with Crippen LogP contribution in [-0.2, 0) is 0 Å². The van der Waals surface area contributed by atoms with Crippen LogP contribution in [0.4, 0.5) is 5.82 Å². The summed E-state index contributed by atoms with van der Waals surface area (Å²) in [4.78, 5) is 6.22. The summed E-state index contributed by atoms with van der Waals surface area (Å²) in [6.45, 7) is 1.87. The first-order valence-electron chi connectivity index (χ1n) is 4.72. The molecule has 0 unspecified atom stereocenters. The van der Waals surface area contributed by atoms with Crippen molar-refractivity contribution < 1.29 is 0 Å². The van der Waals surface area contributed by atoms with E-state index < -0.39 is 0 Å². The van der Waals surface area contributed by atoms with Crippen LogP contribution in [0.25, 0.3) is 0 Å². The summed E-state index contributed by atoms with van der Waals surface area (Å²) >= 11 is 6.08. The standard InChI is InChI=1S/C10H11ClN4/c1-15(8-5-13-6-8)10-9(11)7(4-12)2-3-14-10/h2-3,8,13H,5-6H2,1H3. The Bertz CT molecular complexity index is 408. The van der Waals surface area contributed by atoms with Gasteiger partial charge in [-0.3, -0.25) is 0 Å². The van der Waals surface area contributed by atoms with E-state index in [4.69, 9.17) is 16.9 Å². The van der Waals surface area contributed by atoms with E-state index in [2.05, 4.69) is 16.4 Å². The van der Waals surface area contributed by atoms with E-state index in [1.54, 1.807) is 12.3 Å². The Labute approximate surface area is 93.5 Å². The molecular weight excluding hydrogens is 212 g/mol. The normalized spacial score (nSPS) is 15.5. The topological polar surface area (TPSA) is 52.0 Å². The van der Waals surface area contributed by atoms with Crippen molar-refractivity contribution in [3.63, 3.8) is 0 Å². The van der Waals surface area contributed by atoms with Crippen molar-refractivity contribution in [3.8, 4) is 6.07 Å². The lowest BCUT2D eigenvalue weighted by Gasteiger charge is -2.36. The van der Waals surface area contributed by atoms with Gasteiger partial charge >= 0.3 is 0 Å². The van der Waals surface area contributed by atoms with Gasteiger partial charge in [-0.05, 0) is 6.07 Å². The fourth-order valence-corrected chi connectivity index (χ4v) is 1.77. The lowest BCUT2D eigenvalue weighted by atomic mass is 10.1. The minimum absolute atomic E-state index is 0.420. The van der Waals surface area contributed by atoms with Crippen molar-refractivity contribution in [2.45, 2.75) is 6.04 Å². The zero-order valence-electron chi connectivity index (χ0n) is 8.37. The number of hydrogen-bond donors (Lipinski definition) is 1. The highest BCUT2D eigenvalue weighted by molar-refractivity contribution is 6.34. The average Bonchev–Trinajstić information content (AvgIpc) is 2.15. The van der Waals surface area contributed by atoms with Gasteiger partial charge in [0.15, 0.2) is 0 Å². The molecule has 4 nitrogen and oxygen atoms in total. The quantitative estimate of drug-likeness (QED) is 0.812. The largest absolute Gasteiger partial charge is 0.353 e. The van der Waals surface area contributed by atoms with Crippen LogP contribution in [0.3, 0.4) is 0 Å². The molecule has 0 amide bonds. The second kappa shape index (κ2) is 4.05. The van der Waals surface area contributed by atoms with Gasteiger partial charge in [0.1, 0.15) is 16.9 Å². The molecule has 5 heteroatoms. The highest BCUT2D eigenvalue weighted by atomic mass is 35.5. The van der Waals surface area contributed by atoms with Crippen LogP contribution in [-0.4, -0.2) is 31.2 Å². The van der Waals surface area contributed by atoms with E-state index in [0.717, 1.165) is 13.1 Å². The highest BCUT2D eigenvalue weighted by Crippen LogP contribution is 2.27. The number of aromatic nitrogens is 1. The lowest BCUT2D eigenvalue weighted by Crippen LogP contribution is -2.56. The van der Waals surface area contributed by atoms with Crippen LogP contribution in [0.1, 0.15) is 5.56 Å². The smallest absolute Gasteiger partial charge is 0.148 e. The van der Waals surface area contributed by atoms with Crippen LogP contribution in [0.15, 0.2) is 12.3 Å². The summed E-state index contributed by atoms with van der Waals surface area (Å²) in [7, 11) is 1.95. The first-order valence-corrected chi connectivity index (χ1v) is 5.10. The fraction of sp³-hybridized carbons (Fsp3) is 0.400. The Kier molecular flexibility index (Phi) is 2.76. The summed E-state index contributed by atoms with van der Waals surface area (Å²) in [6, 6.07) is 4.10. The number of hydrogen-bond acceptors (Lipinski definition) is 4. The van der Waals surface area contributed by atoms with Crippen LogP contribution in [0, 0.1) is 11.3 Å². The SMILES string of the molecule is CN(c1nccc(C#N)c1Cl)C1CNC1. The molecule has 1 saturated heterocycles. The number of nitrogens with zero attached hydrogens (tertiary/aromatic N) is 3. The molecule has 78 valence electrons. The van der Waals surface area contributed by atoms with Crippen LogP contribution >= 0.6 is 11.6 Å². The molecule has 1 aromatic rings. The maximum Gasteiger partial charge on any atom is 0.148 e. The summed E-state index contributed by atoms with van der Waals surface area (Å²) in [5, 5.41) is 12.5. The van der Waals surface area contributed by atoms with Gasteiger partial charge in [0, 0.05) is 26.3 Å². The molecule has 1 aliphatic rings.